The van der Waals surface area contributed by atoms with Gasteiger partial charge in [0, 0.05) is 26.5 Å². The lowest BCUT2D eigenvalue weighted by molar-refractivity contribution is -0.130. The van der Waals surface area contributed by atoms with E-state index >= 15 is 0 Å². The number of hydrogen-bond acceptors (Lipinski definition) is 6. The summed E-state index contributed by atoms with van der Waals surface area (Å²) in [5.74, 6) is 0.847. The van der Waals surface area contributed by atoms with Crippen LogP contribution in [0.2, 0.25) is 0 Å². The van der Waals surface area contributed by atoms with Crippen molar-refractivity contribution in [2.75, 3.05) is 40.9 Å². The van der Waals surface area contributed by atoms with Gasteiger partial charge in [0.1, 0.15) is 11.5 Å². The maximum Gasteiger partial charge on any atom is 0.244 e. The summed E-state index contributed by atoms with van der Waals surface area (Å²) in [6, 6.07) is 10.2. The number of carbonyl (C=O) groups excluding carboxylic acids is 1. The molecule has 146 valence electrons. The second-order valence-electron chi connectivity index (χ2n) is 5.76. The maximum absolute atomic E-state index is 12.4. The Kier molecular flexibility index (Phi) is 7.14. The third-order valence-corrected chi connectivity index (χ3v) is 5.67. The summed E-state index contributed by atoms with van der Waals surface area (Å²) >= 11 is 0. The Bertz CT molecular complexity index is 858. The van der Waals surface area contributed by atoms with Crippen molar-refractivity contribution in [3.05, 3.63) is 48.8 Å². The molecule has 0 atom stereocenters. The van der Waals surface area contributed by atoms with Gasteiger partial charge >= 0.3 is 0 Å². The zero-order valence-electron chi connectivity index (χ0n) is 15.5. The fourth-order valence-electron chi connectivity index (χ4n) is 2.23. The van der Waals surface area contributed by atoms with Crippen LogP contribution in [0.4, 0.5) is 0 Å². The lowest BCUT2D eigenvalue weighted by Gasteiger charge is -2.22. The van der Waals surface area contributed by atoms with Gasteiger partial charge in [-0.05, 0) is 24.3 Å². The number of carbonyl (C=O) groups is 1. The first-order valence-electron chi connectivity index (χ1n) is 8.22. The molecule has 8 nitrogen and oxygen atoms in total. The largest absolute Gasteiger partial charge is 0.493 e. The molecular formula is C18H23N3O5S. The van der Waals surface area contributed by atoms with Gasteiger partial charge in [-0.2, -0.15) is 4.31 Å². The van der Waals surface area contributed by atoms with Gasteiger partial charge in [-0.3, -0.25) is 9.78 Å². The van der Waals surface area contributed by atoms with Crippen LogP contribution in [-0.4, -0.2) is 69.4 Å². The van der Waals surface area contributed by atoms with Crippen LogP contribution in [0.5, 0.6) is 11.5 Å². The predicted octanol–water partition coefficient (Wildman–Crippen LogP) is 1.25. The van der Waals surface area contributed by atoms with E-state index in [9.17, 15) is 13.2 Å². The van der Waals surface area contributed by atoms with E-state index in [1.54, 1.807) is 26.3 Å². The maximum atomic E-state index is 12.4. The van der Waals surface area contributed by atoms with Gasteiger partial charge in [0.15, 0.2) is 11.5 Å². The van der Waals surface area contributed by atoms with Crippen LogP contribution < -0.4 is 9.47 Å². The first-order valence-corrected chi connectivity index (χ1v) is 9.66. The molecule has 0 aliphatic heterocycles. The average Bonchev–Trinajstić information content (AvgIpc) is 2.68. The van der Waals surface area contributed by atoms with E-state index in [1.165, 1.54) is 36.5 Å². The second kappa shape index (κ2) is 9.33. The fourth-order valence-corrected chi connectivity index (χ4v) is 3.32. The van der Waals surface area contributed by atoms with Gasteiger partial charge in [0.25, 0.3) is 0 Å². The number of pyridine rings is 1. The number of ether oxygens (including phenoxy) is 2. The molecule has 0 spiro atoms. The molecule has 0 N–H and O–H groups in total. The summed E-state index contributed by atoms with van der Waals surface area (Å²) in [6.45, 7) is 0.279. The molecule has 9 heteroatoms. The number of rotatable bonds is 9. The Morgan fingerprint density at radius 1 is 1.11 bits per heavy atom. The molecule has 0 saturated carbocycles. The molecule has 0 saturated heterocycles. The Labute approximate surface area is 159 Å². The third kappa shape index (κ3) is 5.41. The second-order valence-corrected chi connectivity index (χ2v) is 7.81. The zero-order valence-corrected chi connectivity index (χ0v) is 16.3. The van der Waals surface area contributed by atoms with Crippen LogP contribution in [0.1, 0.15) is 0 Å². The molecule has 0 fully saturated rings. The number of amides is 1. The van der Waals surface area contributed by atoms with Crippen molar-refractivity contribution in [3.63, 3.8) is 0 Å². The highest BCUT2D eigenvalue weighted by molar-refractivity contribution is 7.89. The number of nitrogens with zero attached hydrogens (tertiary/aromatic N) is 3. The van der Waals surface area contributed by atoms with Crippen molar-refractivity contribution in [2.24, 2.45) is 0 Å². The molecule has 1 aromatic carbocycles. The summed E-state index contributed by atoms with van der Waals surface area (Å²) in [7, 11) is 0.744. The molecule has 1 amide bonds. The third-order valence-electron chi connectivity index (χ3n) is 3.88. The van der Waals surface area contributed by atoms with Crippen LogP contribution in [0.25, 0.3) is 0 Å². The van der Waals surface area contributed by atoms with Crippen LogP contribution in [0.3, 0.4) is 0 Å². The molecular weight excluding hydrogens is 370 g/mol. The number of hydrogen-bond donors (Lipinski definition) is 0. The van der Waals surface area contributed by atoms with Crippen LogP contribution in [0, 0.1) is 0 Å². The Hall–Kier alpha value is -2.65. The lowest BCUT2D eigenvalue weighted by atomic mass is 10.3. The van der Waals surface area contributed by atoms with Gasteiger partial charge < -0.3 is 14.4 Å². The molecule has 2 rings (SSSR count). The molecule has 27 heavy (non-hydrogen) atoms. The number of benzene rings is 1. The van der Waals surface area contributed by atoms with E-state index in [2.05, 4.69) is 4.98 Å². The number of aromatic nitrogens is 1. The van der Waals surface area contributed by atoms with Crippen molar-refractivity contribution in [3.8, 4) is 11.5 Å². The van der Waals surface area contributed by atoms with E-state index in [4.69, 9.17) is 9.47 Å². The van der Waals surface area contributed by atoms with Crippen molar-refractivity contribution in [1.29, 1.82) is 0 Å². The van der Waals surface area contributed by atoms with Gasteiger partial charge in [0.05, 0.1) is 20.2 Å². The van der Waals surface area contributed by atoms with E-state index in [-0.39, 0.29) is 24.0 Å². The molecule has 0 unspecified atom stereocenters. The number of para-hydroxylation sites is 2. The number of likely N-dealkylation sites (N-methyl/N-ethyl adjacent to an activating group) is 2. The molecule has 0 aliphatic rings. The topological polar surface area (TPSA) is 89.0 Å². The van der Waals surface area contributed by atoms with Crippen LogP contribution in [-0.2, 0) is 14.8 Å². The summed E-state index contributed by atoms with van der Waals surface area (Å²) in [5.41, 5.74) is 0. The highest BCUT2D eigenvalue weighted by Gasteiger charge is 2.24. The number of sulfonamides is 1. The molecule has 1 aromatic heterocycles. The Morgan fingerprint density at radius 2 is 1.81 bits per heavy atom. The molecule has 1 heterocycles. The van der Waals surface area contributed by atoms with Crippen molar-refractivity contribution >= 4 is 15.9 Å². The lowest BCUT2D eigenvalue weighted by Crippen LogP contribution is -2.40. The summed E-state index contributed by atoms with van der Waals surface area (Å²) in [5, 5.41) is 0. The molecule has 2 aromatic rings. The Morgan fingerprint density at radius 3 is 2.44 bits per heavy atom. The van der Waals surface area contributed by atoms with Crippen molar-refractivity contribution < 1.29 is 22.7 Å². The van der Waals surface area contributed by atoms with E-state index in [1.807, 2.05) is 12.1 Å². The highest BCUT2D eigenvalue weighted by atomic mass is 32.2. The zero-order chi connectivity index (χ0) is 19.9. The Balaban J connectivity index is 1.88. The first-order chi connectivity index (χ1) is 12.9. The van der Waals surface area contributed by atoms with E-state index in [0.717, 1.165) is 4.31 Å². The van der Waals surface area contributed by atoms with E-state index in [0.29, 0.717) is 18.0 Å². The normalized spacial score (nSPS) is 11.3. The summed E-state index contributed by atoms with van der Waals surface area (Å²) < 4.78 is 36.7. The minimum Gasteiger partial charge on any atom is -0.493 e. The average molecular weight is 393 g/mol. The quantitative estimate of drug-likeness (QED) is 0.637. The summed E-state index contributed by atoms with van der Waals surface area (Å²) in [4.78, 5) is 17.6. The van der Waals surface area contributed by atoms with Crippen LogP contribution >= 0.6 is 0 Å². The minimum atomic E-state index is -3.76. The van der Waals surface area contributed by atoms with E-state index < -0.39 is 10.0 Å². The van der Waals surface area contributed by atoms with Crippen molar-refractivity contribution in [1.82, 2.24) is 14.2 Å². The molecule has 0 bridgehead atoms. The minimum absolute atomic E-state index is 0.0439. The monoisotopic (exact) mass is 393 g/mol. The van der Waals surface area contributed by atoms with Crippen LogP contribution in [0.15, 0.2) is 53.7 Å². The van der Waals surface area contributed by atoms with Gasteiger partial charge in [-0.25, -0.2) is 8.42 Å². The predicted molar refractivity (Wildman–Crippen MR) is 100 cm³/mol. The smallest absolute Gasteiger partial charge is 0.244 e. The first kappa shape index (κ1) is 20.7. The number of methoxy groups -OCH3 is 1. The SMILES string of the molecule is COc1ccccc1OCCN(C)C(=O)CN(C)S(=O)(=O)c1cccnc1. The van der Waals surface area contributed by atoms with Crippen molar-refractivity contribution in [2.45, 2.75) is 4.90 Å². The van der Waals surface area contributed by atoms with Gasteiger partial charge in [0.2, 0.25) is 15.9 Å². The van der Waals surface area contributed by atoms with Gasteiger partial charge in [-0.1, -0.05) is 12.1 Å². The standard InChI is InChI=1S/C18H23N3O5S/c1-20(11-12-26-17-9-5-4-8-16(17)25-3)18(22)14-21(2)27(23,24)15-7-6-10-19-13-15/h4-10,13H,11-12,14H2,1-3H3. The molecule has 0 aliphatic carbocycles. The summed E-state index contributed by atoms with van der Waals surface area (Å²) in [6.07, 6.45) is 2.74. The van der Waals surface area contributed by atoms with Gasteiger partial charge in [-0.15, -0.1) is 0 Å². The molecule has 0 radical (unpaired) electrons. The highest BCUT2D eigenvalue weighted by Crippen LogP contribution is 2.25. The fraction of sp³-hybridized carbons (Fsp3) is 0.333.